The SMILES string of the molecule is CC1CCC(CCc2ccc(-c3ccc(C4CCC(/C(F)=C/C(F)(F)F)CC4)c(F)c3)cc2)CC1. The van der Waals surface area contributed by atoms with E-state index in [-0.39, 0.29) is 17.8 Å². The van der Waals surface area contributed by atoms with Gasteiger partial charge in [-0.25, -0.2) is 8.78 Å². The van der Waals surface area contributed by atoms with E-state index >= 15 is 0 Å². The van der Waals surface area contributed by atoms with Gasteiger partial charge in [0.05, 0.1) is 6.08 Å². The lowest BCUT2D eigenvalue weighted by Crippen LogP contribution is -2.16. The van der Waals surface area contributed by atoms with Gasteiger partial charge in [0.25, 0.3) is 0 Å². The van der Waals surface area contributed by atoms with E-state index in [0.717, 1.165) is 29.4 Å². The Balaban J connectivity index is 1.33. The fourth-order valence-electron chi connectivity index (χ4n) is 5.84. The van der Waals surface area contributed by atoms with E-state index in [4.69, 9.17) is 0 Å². The maximum atomic E-state index is 15.0. The first-order valence-corrected chi connectivity index (χ1v) is 13.0. The minimum absolute atomic E-state index is 0.0934. The molecule has 4 rings (SSSR count). The predicted octanol–water partition coefficient (Wildman–Crippen LogP) is 9.94. The maximum Gasteiger partial charge on any atom is 0.412 e. The molecule has 2 fully saturated rings. The molecule has 0 atom stereocenters. The lowest BCUT2D eigenvalue weighted by atomic mass is 9.77. The molecule has 0 N–H and O–H groups in total. The van der Waals surface area contributed by atoms with E-state index in [1.165, 1.54) is 37.7 Å². The number of alkyl halides is 3. The fourth-order valence-corrected chi connectivity index (χ4v) is 5.84. The number of halogens is 5. The largest absolute Gasteiger partial charge is 0.412 e. The zero-order chi connectivity index (χ0) is 25.0. The van der Waals surface area contributed by atoms with Gasteiger partial charge in [0.2, 0.25) is 0 Å². The highest BCUT2D eigenvalue weighted by molar-refractivity contribution is 5.64. The molecule has 35 heavy (non-hydrogen) atoms. The highest BCUT2D eigenvalue weighted by atomic mass is 19.4. The first-order chi connectivity index (χ1) is 16.7. The van der Waals surface area contributed by atoms with Crippen LogP contribution in [0.4, 0.5) is 22.0 Å². The van der Waals surface area contributed by atoms with Crippen LogP contribution in [0.5, 0.6) is 0 Å². The third kappa shape index (κ3) is 7.17. The summed E-state index contributed by atoms with van der Waals surface area (Å²) in [7, 11) is 0. The molecular weight excluding hydrogens is 455 g/mol. The lowest BCUT2D eigenvalue weighted by molar-refractivity contribution is -0.0820. The molecule has 2 aliphatic carbocycles. The van der Waals surface area contributed by atoms with Crippen LogP contribution < -0.4 is 0 Å². The molecule has 0 radical (unpaired) electrons. The van der Waals surface area contributed by atoms with Crippen molar-refractivity contribution in [1.82, 2.24) is 0 Å². The van der Waals surface area contributed by atoms with Crippen molar-refractivity contribution in [2.75, 3.05) is 0 Å². The van der Waals surface area contributed by atoms with Crippen LogP contribution in [-0.2, 0) is 6.42 Å². The van der Waals surface area contributed by atoms with Crippen molar-refractivity contribution in [2.24, 2.45) is 17.8 Å². The van der Waals surface area contributed by atoms with Gasteiger partial charge >= 0.3 is 6.18 Å². The predicted molar refractivity (Wildman–Crippen MR) is 131 cm³/mol. The second-order valence-electron chi connectivity index (χ2n) is 10.7. The molecule has 0 saturated heterocycles. The van der Waals surface area contributed by atoms with Crippen LogP contribution in [0, 0.1) is 23.6 Å². The molecular formula is C30H35F5. The smallest absolute Gasteiger partial charge is 0.212 e. The van der Waals surface area contributed by atoms with Crippen molar-refractivity contribution in [3.63, 3.8) is 0 Å². The van der Waals surface area contributed by atoms with E-state index in [2.05, 4.69) is 19.1 Å². The Labute approximate surface area is 205 Å². The lowest BCUT2D eigenvalue weighted by Gasteiger charge is -2.28. The minimum atomic E-state index is -4.64. The maximum absolute atomic E-state index is 15.0. The van der Waals surface area contributed by atoms with Gasteiger partial charge in [-0.1, -0.05) is 69.0 Å². The molecule has 0 aliphatic heterocycles. The van der Waals surface area contributed by atoms with Gasteiger partial charge in [0.15, 0.2) is 0 Å². The van der Waals surface area contributed by atoms with Crippen molar-refractivity contribution < 1.29 is 22.0 Å². The van der Waals surface area contributed by atoms with Crippen molar-refractivity contribution in [3.8, 4) is 11.1 Å². The first-order valence-electron chi connectivity index (χ1n) is 13.0. The van der Waals surface area contributed by atoms with Gasteiger partial charge < -0.3 is 0 Å². The van der Waals surface area contributed by atoms with E-state index in [1.807, 2.05) is 18.2 Å². The van der Waals surface area contributed by atoms with Gasteiger partial charge in [-0.15, -0.1) is 0 Å². The molecule has 0 unspecified atom stereocenters. The monoisotopic (exact) mass is 490 g/mol. The van der Waals surface area contributed by atoms with Gasteiger partial charge in [-0.05, 0) is 84.6 Å². The second-order valence-corrected chi connectivity index (χ2v) is 10.7. The average molecular weight is 491 g/mol. The number of hydrogen-bond donors (Lipinski definition) is 0. The van der Waals surface area contributed by atoms with Crippen LogP contribution in [0.25, 0.3) is 11.1 Å². The highest BCUT2D eigenvalue weighted by Gasteiger charge is 2.31. The molecule has 2 aromatic carbocycles. The van der Waals surface area contributed by atoms with Gasteiger partial charge in [-0.2, -0.15) is 13.2 Å². The number of benzene rings is 2. The topological polar surface area (TPSA) is 0 Å². The summed E-state index contributed by atoms with van der Waals surface area (Å²) in [6.07, 6.45) is 4.35. The average Bonchev–Trinajstić information content (AvgIpc) is 2.83. The van der Waals surface area contributed by atoms with Crippen LogP contribution in [0.2, 0.25) is 0 Å². The summed E-state index contributed by atoms with van der Waals surface area (Å²) in [4.78, 5) is 0. The molecule has 0 heterocycles. The summed E-state index contributed by atoms with van der Waals surface area (Å²) in [5.41, 5.74) is 3.67. The summed E-state index contributed by atoms with van der Waals surface area (Å²) < 4.78 is 66.1. The number of rotatable bonds is 6. The Morgan fingerprint density at radius 1 is 0.857 bits per heavy atom. The van der Waals surface area contributed by atoms with E-state index < -0.39 is 17.9 Å². The van der Waals surface area contributed by atoms with Crippen molar-refractivity contribution in [1.29, 1.82) is 0 Å². The van der Waals surface area contributed by atoms with Gasteiger partial charge in [-0.3, -0.25) is 0 Å². The Hall–Kier alpha value is -2.17. The van der Waals surface area contributed by atoms with Crippen LogP contribution in [0.3, 0.4) is 0 Å². The minimum Gasteiger partial charge on any atom is -0.212 e. The zero-order valence-electron chi connectivity index (χ0n) is 20.4. The zero-order valence-corrected chi connectivity index (χ0v) is 20.4. The van der Waals surface area contributed by atoms with Crippen molar-refractivity contribution >= 4 is 0 Å². The summed E-state index contributed by atoms with van der Waals surface area (Å²) in [5, 5.41) is 0. The summed E-state index contributed by atoms with van der Waals surface area (Å²) in [6, 6.07) is 13.6. The second kappa shape index (κ2) is 11.3. The molecule has 0 amide bonds. The number of aryl methyl sites for hydroxylation is 1. The summed E-state index contributed by atoms with van der Waals surface area (Å²) >= 11 is 0. The van der Waals surface area contributed by atoms with E-state index in [0.29, 0.717) is 31.2 Å². The van der Waals surface area contributed by atoms with E-state index in [9.17, 15) is 22.0 Å². The number of allylic oxidation sites excluding steroid dienone is 2. The summed E-state index contributed by atoms with van der Waals surface area (Å²) in [6.45, 7) is 2.34. The normalized spacial score (nSPS) is 26.1. The Morgan fingerprint density at radius 3 is 2.09 bits per heavy atom. The standard InChI is InChI=1S/C30H35F5/c1-20-2-4-21(5-3-20)6-7-22-8-10-23(11-9-22)26-16-17-27(28(31)18-26)24-12-14-25(15-13-24)29(32)19-30(33,34)35/h8-11,16-21,24-25H,2-7,12-15H2,1H3/b29-19-. The molecule has 0 nitrogen and oxygen atoms in total. The third-order valence-corrected chi connectivity index (χ3v) is 8.12. The Kier molecular flexibility index (Phi) is 8.34. The highest BCUT2D eigenvalue weighted by Crippen LogP contribution is 2.41. The van der Waals surface area contributed by atoms with Crippen molar-refractivity contribution in [2.45, 2.75) is 83.2 Å². The molecule has 5 heteroatoms. The van der Waals surface area contributed by atoms with Crippen LogP contribution in [0.15, 0.2) is 54.4 Å². The van der Waals surface area contributed by atoms with Crippen LogP contribution in [0.1, 0.15) is 81.8 Å². The Morgan fingerprint density at radius 2 is 1.49 bits per heavy atom. The fraction of sp³-hybridized carbons (Fsp3) is 0.533. The van der Waals surface area contributed by atoms with Gasteiger partial charge in [0, 0.05) is 5.92 Å². The molecule has 2 saturated carbocycles. The van der Waals surface area contributed by atoms with Crippen LogP contribution in [-0.4, -0.2) is 6.18 Å². The molecule has 190 valence electrons. The van der Waals surface area contributed by atoms with E-state index in [1.54, 1.807) is 12.1 Å². The quantitative estimate of drug-likeness (QED) is 0.353. The summed E-state index contributed by atoms with van der Waals surface area (Å²) in [5.74, 6) is -0.522. The third-order valence-electron chi connectivity index (χ3n) is 8.12. The van der Waals surface area contributed by atoms with Crippen LogP contribution >= 0.6 is 0 Å². The first kappa shape index (κ1) is 25.9. The molecule has 0 spiro atoms. The van der Waals surface area contributed by atoms with Crippen molar-refractivity contribution in [3.05, 3.63) is 71.3 Å². The molecule has 2 aromatic rings. The molecule has 2 aliphatic rings. The van der Waals surface area contributed by atoms with Gasteiger partial charge in [0.1, 0.15) is 11.6 Å². The molecule has 0 aromatic heterocycles. The molecule has 0 bridgehead atoms. The number of hydrogen-bond acceptors (Lipinski definition) is 0. The Bertz CT molecular complexity index is 988.